The quantitative estimate of drug-likeness (QED) is 0.781. The van der Waals surface area contributed by atoms with Crippen molar-refractivity contribution < 1.29 is 8.42 Å². The maximum Gasteiger partial charge on any atom is 0.214 e. The Morgan fingerprint density at radius 3 is 2.43 bits per heavy atom. The first-order chi connectivity index (χ1) is 11.1. The fourth-order valence-corrected chi connectivity index (χ4v) is 6.47. The fourth-order valence-electron chi connectivity index (χ4n) is 3.60. The van der Waals surface area contributed by atoms with E-state index in [2.05, 4.69) is 10.2 Å². The minimum absolute atomic E-state index is 0.229. The number of hydrogen-bond donors (Lipinski definition) is 0. The molecule has 5 nitrogen and oxygen atoms in total. The van der Waals surface area contributed by atoms with Gasteiger partial charge in [0.1, 0.15) is 10.0 Å². The predicted molar refractivity (Wildman–Crippen MR) is 93.4 cm³/mol. The third kappa shape index (κ3) is 4.12. The van der Waals surface area contributed by atoms with Gasteiger partial charge in [-0.25, -0.2) is 12.7 Å². The molecular formula is C16H27N3O2S2. The number of piperidine rings is 1. The van der Waals surface area contributed by atoms with E-state index < -0.39 is 10.0 Å². The minimum atomic E-state index is -3.11. The van der Waals surface area contributed by atoms with Crippen molar-refractivity contribution in [3.8, 4) is 0 Å². The molecule has 0 aromatic carbocycles. The fraction of sp³-hybridized carbons (Fsp3) is 0.875. The molecule has 2 heterocycles. The van der Waals surface area contributed by atoms with Gasteiger partial charge in [-0.15, -0.1) is 21.5 Å². The summed E-state index contributed by atoms with van der Waals surface area (Å²) in [4.78, 5) is 0. The molecule has 130 valence electrons. The van der Waals surface area contributed by atoms with Crippen LogP contribution in [0.3, 0.4) is 0 Å². The van der Waals surface area contributed by atoms with Crippen LogP contribution in [0.15, 0.2) is 0 Å². The van der Waals surface area contributed by atoms with Crippen LogP contribution in [0.4, 0.5) is 0 Å². The second-order valence-electron chi connectivity index (χ2n) is 6.83. The van der Waals surface area contributed by atoms with Gasteiger partial charge in [0.2, 0.25) is 10.0 Å². The summed E-state index contributed by atoms with van der Waals surface area (Å²) < 4.78 is 26.5. The van der Waals surface area contributed by atoms with Gasteiger partial charge in [0.25, 0.3) is 0 Å². The van der Waals surface area contributed by atoms with Gasteiger partial charge in [-0.05, 0) is 32.1 Å². The van der Waals surface area contributed by atoms with Crippen LogP contribution in [0, 0.1) is 0 Å². The number of rotatable bonds is 6. The van der Waals surface area contributed by atoms with Crippen LogP contribution < -0.4 is 0 Å². The largest absolute Gasteiger partial charge is 0.214 e. The number of aromatic nitrogens is 2. The first kappa shape index (κ1) is 17.3. The van der Waals surface area contributed by atoms with Gasteiger partial charge in [0, 0.05) is 24.9 Å². The van der Waals surface area contributed by atoms with E-state index in [1.807, 2.05) is 6.92 Å². The first-order valence-corrected chi connectivity index (χ1v) is 11.3. The van der Waals surface area contributed by atoms with E-state index in [0.717, 1.165) is 30.7 Å². The van der Waals surface area contributed by atoms with Crippen molar-refractivity contribution in [3.05, 3.63) is 10.0 Å². The van der Waals surface area contributed by atoms with Crippen LogP contribution in [0.25, 0.3) is 0 Å². The van der Waals surface area contributed by atoms with Crippen LogP contribution in [0.1, 0.15) is 80.1 Å². The van der Waals surface area contributed by atoms with Crippen molar-refractivity contribution in [1.82, 2.24) is 14.5 Å². The second-order valence-corrected chi connectivity index (χ2v) is 9.96. The van der Waals surface area contributed by atoms with E-state index >= 15 is 0 Å². The third-order valence-corrected chi connectivity index (χ3v) is 8.21. The molecule has 3 rings (SSSR count). The number of sulfonamides is 1. The van der Waals surface area contributed by atoms with Gasteiger partial charge in [0.05, 0.1) is 5.75 Å². The molecule has 1 saturated heterocycles. The zero-order chi connectivity index (χ0) is 16.3. The lowest BCUT2D eigenvalue weighted by Crippen LogP contribution is -2.40. The van der Waals surface area contributed by atoms with Crippen LogP contribution in [-0.4, -0.2) is 41.8 Å². The third-order valence-electron chi connectivity index (χ3n) is 5.04. The van der Waals surface area contributed by atoms with Crippen molar-refractivity contribution in [1.29, 1.82) is 0 Å². The molecule has 23 heavy (non-hydrogen) atoms. The Kier molecular flexibility index (Phi) is 5.69. The Bertz CT molecular complexity index is 609. The predicted octanol–water partition coefficient (Wildman–Crippen LogP) is 3.51. The molecule has 0 bridgehead atoms. The highest BCUT2D eigenvalue weighted by Crippen LogP contribution is 2.38. The molecule has 1 aliphatic carbocycles. The number of hydrogen-bond acceptors (Lipinski definition) is 5. The monoisotopic (exact) mass is 357 g/mol. The average Bonchev–Trinajstić information content (AvgIpc) is 3.24. The van der Waals surface area contributed by atoms with Gasteiger partial charge in [-0.2, -0.15) is 0 Å². The van der Waals surface area contributed by atoms with E-state index in [9.17, 15) is 8.42 Å². The lowest BCUT2D eigenvalue weighted by atomic mass is 10.0. The summed E-state index contributed by atoms with van der Waals surface area (Å²) in [6.45, 7) is 3.28. The molecule has 1 aliphatic heterocycles. The second kappa shape index (κ2) is 7.57. The zero-order valence-electron chi connectivity index (χ0n) is 13.9. The Morgan fingerprint density at radius 1 is 1.09 bits per heavy atom. The smallest absolute Gasteiger partial charge is 0.212 e. The lowest BCUT2D eigenvalue weighted by molar-refractivity contribution is 0.314. The Hall–Kier alpha value is -0.530. The Morgan fingerprint density at radius 2 is 1.74 bits per heavy atom. The molecular weight excluding hydrogens is 330 g/mol. The maximum absolute atomic E-state index is 12.4. The summed E-state index contributed by atoms with van der Waals surface area (Å²) >= 11 is 1.72. The van der Waals surface area contributed by atoms with E-state index in [0.29, 0.717) is 19.0 Å². The molecule has 2 aliphatic rings. The van der Waals surface area contributed by atoms with Crippen LogP contribution >= 0.6 is 11.3 Å². The SMILES string of the molecule is CCCCS(=O)(=O)N1CCCC(c2nnc(C3CCCC3)s2)C1. The molecule has 0 amide bonds. The average molecular weight is 358 g/mol. The number of unbranched alkanes of at least 4 members (excludes halogenated alkanes) is 1. The van der Waals surface area contributed by atoms with Crippen LogP contribution in [-0.2, 0) is 10.0 Å². The molecule has 1 saturated carbocycles. The van der Waals surface area contributed by atoms with Crippen molar-refractivity contribution in [3.63, 3.8) is 0 Å². The number of nitrogens with zero attached hydrogens (tertiary/aromatic N) is 3. The van der Waals surface area contributed by atoms with Crippen molar-refractivity contribution in [2.45, 2.75) is 70.1 Å². The molecule has 0 radical (unpaired) electrons. The maximum atomic E-state index is 12.4. The topological polar surface area (TPSA) is 63.2 Å². The van der Waals surface area contributed by atoms with Crippen molar-refractivity contribution >= 4 is 21.4 Å². The molecule has 1 aromatic rings. The van der Waals surface area contributed by atoms with E-state index in [1.165, 1.54) is 30.7 Å². The molecule has 1 atom stereocenters. The normalized spacial score (nSPS) is 24.3. The lowest BCUT2D eigenvalue weighted by Gasteiger charge is -2.30. The first-order valence-electron chi connectivity index (χ1n) is 8.91. The minimum Gasteiger partial charge on any atom is -0.212 e. The highest BCUT2D eigenvalue weighted by Gasteiger charge is 2.31. The molecule has 0 spiro atoms. The molecule has 2 fully saturated rings. The summed E-state index contributed by atoms with van der Waals surface area (Å²) in [5.41, 5.74) is 0. The van der Waals surface area contributed by atoms with Crippen LogP contribution in [0.5, 0.6) is 0 Å². The molecule has 0 N–H and O–H groups in total. The Balaban J connectivity index is 1.66. The summed E-state index contributed by atoms with van der Waals surface area (Å²) in [5.74, 6) is 1.10. The van der Waals surface area contributed by atoms with Gasteiger partial charge in [-0.3, -0.25) is 0 Å². The standard InChI is InChI=1S/C16H27N3O2S2/c1-2-3-11-23(20,21)19-10-6-9-14(12-19)16-18-17-15(22-16)13-7-4-5-8-13/h13-14H,2-12H2,1H3. The highest BCUT2D eigenvalue weighted by atomic mass is 32.2. The van der Waals surface area contributed by atoms with Crippen molar-refractivity contribution in [2.24, 2.45) is 0 Å². The molecule has 7 heteroatoms. The van der Waals surface area contributed by atoms with Crippen molar-refractivity contribution in [2.75, 3.05) is 18.8 Å². The van der Waals surface area contributed by atoms with Crippen LogP contribution in [0.2, 0.25) is 0 Å². The zero-order valence-corrected chi connectivity index (χ0v) is 15.5. The summed E-state index contributed by atoms with van der Waals surface area (Å²) in [7, 11) is -3.11. The van der Waals surface area contributed by atoms with E-state index in [4.69, 9.17) is 0 Å². The highest BCUT2D eigenvalue weighted by molar-refractivity contribution is 7.89. The summed E-state index contributed by atoms with van der Waals surface area (Å²) in [5, 5.41) is 11.0. The summed E-state index contributed by atoms with van der Waals surface area (Å²) in [6.07, 6.45) is 8.67. The Labute approximate surface area is 143 Å². The van der Waals surface area contributed by atoms with Gasteiger partial charge >= 0.3 is 0 Å². The van der Waals surface area contributed by atoms with Gasteiger partial charge in [0.15, 0.2) is 0 Å². The van der Waals surface area contributed by atoms with Gasteiger partial charge < -0.3 is 0 Å². The molecule has 1 aromatic heterocycles. The van der Waals surface area contributed by atoms with Gasteiger partial charge in [-0.1, -0.05) is 26.2 Å². The molecule has 1 unspecified atom stereocenters. The summed E-state index contributed by atoms with van der Waals surface area (Å²) in [6, 6.07) is 0. The van der Waals surface area contributed by atoms with E-state index in [-0.39, 0.29) is 11.7 Å². The van der Waals surface area contributed by atoms with E-state index in [1.54, 1.807) is 15.6 Å².